The zero-order valence-electron chi connectivity index (χ0n) is 8.77. The minimum absolute atomic E-state index is 0.859. The fraction of sp³-hybridized carbons (Fsp3) is 0.750. The predicted octanol–water partition coefficient (Wildman–Crippen LogP) is 0.632. The fourth-order valence-electron chi connectivity index (χ4n) is 0.580. The Bertz CT molecular complexity index is 261. The van der Waals surface area contributed by atoms with Crippen molar-refractivity contribution in [1.82, 2.24) is 5.32 Å². The Morgan fingerprint density at radius 3 is 2.13 bits per heavy atom. The second-order valence-corrected chi connectivity index (χ2v) is 3.86. The molecule has 0 fully saturated rings. The number of nitrogens with one attached hydrogen (secondary N) is 1. The number of hydrogen-bond acceptors (Lipinski definition) is 4. The number of alkyl carbamates (subject to hydrolysis) is 1. The maximum absolute atomic E-state index is 12.6. The monoisotopic (exact) mass is 224 g/mol. The molecule has 0 radical (unpaired) electrons. The number of rotatable bonds is 2. The van der Waals surface area contributed by atoms with Crippen molar-refractivity contribution in [1.29, 1.82) is 0 Å². The maximum Gasteiger partial charge on any atom is 0.414 e. The van der Waals surface area contributed by atoms with Gasteiger partial charge < -0.3 is 10.5 Å². The van der Waals surface area contributed by atoms with Crippen LogP contribution in [-0.2, 0) is 9.53 Å². The van der Waals surface area contributed by atoms with E-state index >= 15 is 0 Å². The van der Waals surface area contributed by atoms with Gasteiger partial charge in [0.1, 0.15) is 5.60 Å². The molecule has 0 rings (SSSR count). The van der Waals surface area contributed by atoms with Crippen molar-refractivity contribution in [2.75, 3.05) is 6.54 Å². The molecule has 0 atom stereocenters. The molecule has 15 heavy (non-hydrogen) atoms. The molecule has 0 aliphatic heterocycles. The second-order valence-electron chi connectivity index (χ2n) is 3.86. The first-order chi connectivity index (χ1) is 6.58. The molecule has 0 unspecified atom stereocenters. The molecule has 0 aromatic heterocycles. The minimum atomic E-state index is -3.77. The van der Waals surface area contributed by atoms with E-state index in [1.165, 1.54) is 26.1 Å². The average molecular weight is 224 g/mol. The number of halogens is 2. The van der Waals surface area contributed by atoms with Crippen LogP contribution in [-0.4, -0.2) is 30.1 Å². The van der Waals surface area contributed by atoms with Crippen molar-refractivity contribution in [2.24, 2.45) is 5.73 Å². The summed E-state index contributed by atoms with van der Waals surface area (Å²) < 4.78 is 29.8. The first kappa shape index (κ1) is 13.8. The van der Waals surface area contributed by atoms with Crippen LogP contribution in [0.2, 0.25) is 0 Å². The summed E-state index contributed by atoms with van der Waals surface area (Å²) in [7, 11) is 0. The number of amides is 2. The van der Waals surface area contributed by atoms with Crippen LogP contribution in [0.5, 0.6) is 0 Å². The van der Waals surface area contributed by atoms with Gasteiger partial charge in [-0.15, -0.1) is 0 Å². The van der Waals surface area contributed by atoms with Gasteiger partial charge in [-0.05, 0) is 20.8 Å². The molecule has 7 heteroatoms. The molecular weight excluding hydrogens is 210 g/mol. The zero-order valence-corrected chi connectivity index (χ0v) is 8.77. The van der Waals surface area contributed by atoms with Crippen molar-refractivity contribution in [3.8, 4) is 0 Å². The van der Waals surface area contributed by atoms with Gasteiger partial charge in [0.05, 0.1) is 6.54 Å². The van der Waals surface area contributed by atoms with Gasteiger partial charge in [-0.2, -0.15) is 8.78 Å². The Hall–Kier alpha value is -1.24. The van der Waals surface area contributed by atoms with Crippen LogP contribution in [0.15, 0.2) is 0 Å². The van der Waals surface area contributed by atoms with Gasteiger partial charge in [0.25, 0.3) is 0 Å². The summed E-state index contributed by atoms with van der Waals surface area (Å²) >= 11 is 0. The average Bonchev–Trinajstić information content (AvgIpc) is 2.00. The van der Waals surface area contributed by atoms with E-state index in [2.05, 4.69) is 10.5 Å². The lowest BCUT2D eigenvalue weighted by atomic mass is 10.2. The van der Waals surface area contributed by atoms with Crippen LogP contribution in [0.3, 0.4) is 0 Å². The number of carbonyl (C=O) groups is 2. The third-order valence-corrected chi connectivity index (χ3v) is 1.20. The van der Waals surface area contributed by atoms with E-state index in [0.29, 0.717) is 0 Å². The summed E-state index contributed by atoms with van der Waals surface area (Å²) in [5.41, 5.74) is 3.79. The lowest BCUT2D eigenvalue weighted by Crippen LogP contribution is -2.48. The van der Waals surface area contributed by atoms with Crippen molar-refractivity contribution in [2.45, 2.75) is 32.3 Å². The molecule has 0 saturated carbocycles. The molecule has 0 heterocycles. The van der Waals surface area contributed by atoms with E-state index in [1.807, 2.05) is 0 Å². The molecule has 88 valence electrons. The highest BCUT2D eigenvalue weighted by atomic mass is 19.3. The summed E-state index contributed by atoms with van der Waals surface area (Å²) in [6.07, 6.45) is -1.22. The summed E-state index contributed by atoms with van der Waals surface area (Å²) in [6.45, 7) is 3.45. The smallest absolute Gasteiger partial charge is 0.414 e. The van der Waals surface area contributed by atoms with Crippen LogP contribution in [0.4, 0.5) is 13.6 Å². The number of alkyl halides is 2. The standard InChI is InChI=1S/C8H14F2N2O3/c1-7(2,3)15-6(14)12-5(13)8(9,10)4-11/h4,11H2,1-3H3,(H,12,13,14). The first-order valence-corrected chi connectivity index (χ1v) is 4.21. The van der Waals surface area contributed by atoms with Gasteiger partial charge in [-0.1, -0.05) is 0 Å². The van der Waals surface area contributed by atoms with Crippen LogP contribution in [0, 0.1) is 0 Å². The van der Waals surface area contributed by atoms with Crippen molar-refractivity contribution in [3.05, 3.63) is 0 Å². The Morgan fingerprint density at radius 2 is 1.80 bits per heavy atom. The van der Waals surface area contributed by atoms with E-state index in [1.54, 1.807) is 0 Å². The molecule has 0 aromatic carbocycles. The second kappa shape index (κ2) is 4.52. The molecule has 0 saturated heterocycles. The highest BCUT2D eigenvalue weighted by molar-refractivity contribution is 5.96. The highest BCUT2D eigenvalue weighted by Gasteiger charge is 2.38. The number of carbonyl (C=O) groups excluding carboxylic acids is 2. The SMILES string of the molecule is CC(C)(C)OC(=O)NC(=O)C(F)(F)CN. The highest BCUT2D eigenvalue weighted by Crippen LogP contribution is 2.12. The van der Waals surface area contributed by atoms with Crippen LogP contribution in [0.25, 0.3) is 0 Å². The Kier molecular flexibility index (Phi) is 4.15. The Balaban J connectivity index is 4.26. The van der Waals surface area contributed by atoms with E-state index in [0.717, 1.165) is 0 Å². The van der Waals surface area contributed by atoms with Crippen molar-refractivity contribution >= 4 is 12.0 Å². The molecular formula is C8H14F2N2O3. The summed E-state index contributed by atoms with van der Waals surface area (Å²) in [6, 6.07) is 0. The van der Waals surface area contributed by atoms with E-state index in [-0.39, 0.29) is 0 Å². The molecule has 0 bridgehead atoms. The molecule has 3 N–H and O–H groups in total. The summed E-state index contributed by atoms with van der Waals surface area (Å²) in [4.78, 5) is 21.7. The number of nitrogens with two attached hydrogens (primary N) is 1. The third-order valence-electron chi connectivity index (χ3n) is 1.20. The van der Waals surface area contributed by atoms with Gasteiger partial charge in [0.15, 0.2) is 0 Å². The predicted molar refractivity (Wildman–Crippen MR) is 48.4 cm³/mol. The zero-order chi connectivity index (χ0) is 12.3. The molecule has 5 nitrogen and oxygen atoms in total. The molecule has 0 aromatic rings. The van der Waals surface area contributed by atoms with Crippen molar-refractivity contribution < 1.29 is 23.1 Å². The van der Waals surface area contributed by atoms with Gasteiger partial charge >= 0.3 is 17.9 Å². The lowest BCUT2D eigenvalue weighted by molar-refractivity contribution is -0.143. The van der Waals surface area contributed by atoms with Gasteiger partial charge in [-0.25, -0.2) is 4.79 Å². The Labute approximate surface area is 86.0 Å². The van der Waals surface area contributed by atoms with Gasteiger partial charge in [-0.3, -0.25) is 10.1 Å². The van der Waals surface area contributed by atoms with Crippen LogP contribution >= 0.6 is 0 Å². The minimum Gasteiger partial charge on any atom is -0.444 e. The van der Waals surface area contributed by atoms with Crippen LogP contribution in [0.1, 0.15) is 20.8 Å². The Morgan fingerprint density at radius 1 is 1.33 bits per heavy atom. The molecule has 2 amide bonds. The summed E-state index contributed by atoms with van der Waals surface area (Å²) in [5.74, 6) is -5.53. The summed E-state index contributed by atoms with van der Waals surface area (Å²) in [5, 5.41) is 1.40. The quantitative estimate of drug-likeness (QED) is 0.720. The van der Waals surface area contributed by atoms with Crippen LogP contribution < -0.4 is 11.1 Å². The maximum atomic E-state index is 12.6. The topological polar surface area (TPSA) is 81.4 Å². The molecule has 0 spiro atoms. The van der Waals surface area contributed by atoms with Gasteiger partial charge in [0.2, 0.25) is 0 Å². The van der Waals surface area contributed by atoms with E-state index < -0.39 is 30.1 Å². The van der Waals surface area contributed by atoms with E-state index in [4.69, 9.17) is 0 Å². The number of imide groups is 1. The molecule has 0 aliphatic rings. The number of hydrogen-bond donors (Lipinski definition) is 2. The van der Waals surface area contributed by atoms with Gasteiger partial charge in [0, 0.05) is 0 Å². The van der Waals surface area contributed by atoms with Crippen molar-refractivity contribution in [3.63, 3.8) is 0 Å². The fourth-order valence-corrected chi connectivity index (χ4v) is 0.580. The first-order valence-electron chi connectivity index (χ1n) is 4.21. The molecule has 0 aliphatic carbocycles. The lowest BCUT2D eigenvalue weighted by Gasteiger charge is -2.20. The third kappa shape index (κ3) is 5.26. The van der Waals surface area contributed by atoms with E-state index in [9.17, 15) is 18.4 Å². The number of ether oxygens (including phenoxy) is 1. The normalized spacial score (nSPS) is 12.1. The largest absolute Gasteiger partial charge is 0.444 e.